The summed E-state index contributed by atoms with van der Waals surface area (Å²) in [6.45, 7) is 4.48. The van der Waals surface area contributed by atoms with Gasteiger partial charge in [-0.25, -0.2) is 13.6 Å². The minimum absolute atomic E-state index is 0.0513. The van der Waals surface area contributed by atoms with Crippen LogP contribution in [-0.4, -0.2) is 62.8 Å². The quantitative estimate of drug-likeness (QED) is 0.198. The van der Waals surface area contributed by atoms with Crippen LogP contribution in [0.5, 0.6) is 0 Å². The first-order valence-electron chi connectivity index (χ1n) is 15.6. The van der Waals surface area contributed by atoms with Crippen LogP contribution in [0, 0.1) is 0 Å². The highest BCUT2D eigenvalue weighted by Crippen LogP contribution is 2.23. The summed E-state index contributed by atoms with van der Waals surface area (Å²) in [7, 11) is -3.78. The molecule has 0 aromatic heterocycles. The van der Waals surface area contributed by atoms with Gasteiger partial charge in [0.1, 0.15) is 0 Å². The Morgan fingerprint density at radius 1 is 0.826 bits per heavy atom. The van der Waals surface area contributed by atoms with E-state index < -0.39 is 10.0 Å². The molecule has 3 N–H and O–H groups in total. The number of primary sulfonamides is 1. The minimum Gasteiger partial charge on any atom is -0.351 e. The van der Waals surface area contributed by atoms with Crippen molar-refractivity contribution in [1.29, 1.82) is 0 Å². The number of hydrogen-bond acceptors (Lipinski definition) is 5. The van der Waals surface area contributed by atoms with Gasteiger partial charge in [-0.05, 0) is 96.6 Å². The van der Waals surface area contributed by atoms with Crippen molar-refractivity contribution in [2.45, 2.75) is 30.7 Å². The van der Waals surface area contributed by atoms with Crippen LogP contribution in [0.4, 0.5) is 0 Å². The van der Waals surface area contributed by atoms with Crippen LogP contribution in [0.25, 0.3) is 17.2 Å². The van der Waals surface area contributed by atoms with E-state index in [1.54, 1.807) is 29.2 Å². The van der Waals surface area contributed by atoms with Crippen molar-refractivity contribution in [2.24, 2.45) is 5.14 Å². The van der Waals surface area contributed by atoms with Gasteiger partial charge in [-0.15, -0.1) is 0 Å². The fraction of sp³-hybridized carbons (Fsp3) is 0.243. The van der Waals surface area contributed by atoms with Gasteiger partial charge < -0.3 is 15.1 Å². The summed E-state index contributed by atoms with van der Waals surface area (Å²) in [5.41, 5.74) is 5.25. The van der Waals surface area contributed by atoms with Crippen LogP contribution in [-0.2, 0) is 27.8 Å². The molecule has 0 unspecified atom stereocenters. The zero-order valence-corrected chi connectivity index (χ0v) is 26.7. The Morgan fingerprint density at radius 3 is 2.24 bits per heavy atom. The highest BCUT2D eigenvalue weighted by atomic mass is 32.2. The minimum atomic E-state index is -3.78. The fourth-order valence-electron chi connectivity index (χ4n) is 5.56. The molecule has 1 saturated heterocycles. The second-order valence-corrected chi connectivity index (χ2v) is 13.1. The molecule has 0 atom stereocenters. The van der Waals surface area contributed by atoms with Gasteiger partial charge >= 0.3 is 0 Å². The third kappa shape index (κ3) is 9.47. The number of nitrogens with one attached hydrogen (secondary N) is 1. The molecule has 0 saturated carbocycles. The number of nitrogens with zero attached hydrogens (tertiary/aromatic N) is 2. The van der Waals surface area contributed by atoms with E-state index in [0.29, 0.717) is 31.6 Å². The molecule has 4 aromatic carbocycles. The van der Waals surface area contributed by atoms with Crippen LogP contribution in [0.15, 0.2) is 114 Å². The van der Waals surface area contributed by atoms with Crippen LogP contribution >= 0.6 is 0 Å². The molecule has 1 heterocycles. The molecule has 2 amide bonds. The van der Waals surface area contributed by atoms with Crippen molar-refractivity contribution >= 4 is 27.9 Å². The van der Waals surface area contributed by atoms with Crippen LogP contribution in [0.1, 0.15) is 39.9 Å². The number of hydrogen-bond donors (Lipinski definition) is 2. The molecular formula is C37H40N4O4S. The van der Waals surface area contributed by atoms with Gasteiger partial charge in [-0.1, -0.05) is 72.8 Å². The SMILES string of the molecule is NS(=O)(=O)c1ccc(CCN(Cc2cccc(-c3cccc(C(=O)NCCN4CCCC4)c3)c2)C(=O)C=Cc2ccccc2)cc1. The highest BCUT2D eigenvalue weighted by Gasteiger charge is 2.15. The Morgan fingerprint density at radius 2 is 1.52 bits per heavy atom. The second-order valence-electron chi connectivity index (χ2n) is 11.5. The van der Waals surface area contributed by atoms with Crippen molar-refractivity contribution < 1.29 is 18.0 Å². The number of rotatable bonds is 13. The molecule has 238 valence electrons. The molecule has 46 heavy (non-hydrogen) atoms. The third-order valence-corrected chi connectivity index (χ3v) is 9.05. The number of sulfonamides is 1. The van der Waals surface area contributed by atoms with Crippen LogP contribution in [0.2, 0.25) is 0 Å². The normalized spacial score (nSPS) is 13.6. The molecule has 5 rings (SSSR count). The molecule has 9 heteroatoms. The van der Waals surface area contributed by atoms with E-state index in [9.17, 15) is 18.0 Å². The van der Waals surface area contributed by atoms with Crippen molar-refractivity contribution in [3.05, 3.63) is 131 Å². The third-order valence-electron chi connectivity index (χ3n) is 8.12. The Labute approximate surface area is 271 Å². The lowest BCUT2D eigenvalue weighted by Gasteiger charge is -2.22. The van der Waals surface area contributed by atoms with E-state index in [1.807, 2.05) is 78.9 Å². The van der Waals surface area contributed by atoms with Gasteiger partial charge in [0, 0.05) is 37.8 Å². The Balaban J connectivity index is 1.29. The Bertz CT molecular complexity index is 1770. The van der Waals surface area contributed by atoms with Crippen molar-refractivity contribution in [3.8, 4) is 11.1 Å². The number of likely N-dealkylation sites (tertiary alicyclic amines) is 1. The van der Waals surface area contributed by atoms with E-state index in [2.05, 4.69) is 10.2 Å². The van der Waals surface area contributed by atoms with Crippen molar-refractivity contribution in [3.63, 3.8) is 0 Å². The van der Waals surface area contributed by atoms with Gasteiger partial charge in [-0.3, -0.25) is 9.59 Å². The van der Waals surface area contributed by atoms with Gasteiger partial charge in [0.25, 0.3) is 5.91 Å². The predicted molar refractivity (Wildman–Crippen MR) is 182 cm³/mol. The maximum Gasteiger partial charge on any atom is 0.251 e. The van der Waals surface area contributed by atoms with Gasteiger partial charge in [0.05, 0.1) is 4.90 Å². The zero-order valence-electron chi connectivity index (χ0n) is 25.8. The number of carbonyl (C=O) groups is 2. The largest absolute Gasteiger partial charge is 0.351 e. The molecule has 0 aliphatic carbocycles. The number of carbonyl (C=O) groups excluding carboxylic acids is 2. The van der Waals surface area contributed by atoms with Crippen molar-refractivity contribution in [1.82, 2.24) is 15.1 Å². The lowest BCUT2D eigenvalue weighted by atomic mass is 10.0. The van der Waals surface area contributed by atoms with E-state index >= 15 is 0 Å². The maximum absolute atomic E-state index is 13.5. The van der Waals surface area contributed by atoms with Crippen LogP contribution < -0.4 is 10.5 Å². The number of benzene rings is 4. The summed E-state index contributed by atoms with van der Waals surface area (Å²) < 4.78 is 23.3. The van der Waals surface area contributed by atoms with Crippen LogP contribution in [0.3, 0.4) is 0 Å². The first kappa shape index (κ1) is 32.8. The predicted octanol–water partition coefficient (Wildman–Crippen LogP) is 5.11. The molecule has 4 aromatic rings. The van der Waals surface area contributed by atoms with Gasteiger partial charge in [-0.2, -0.15) is 0 Å². The lowest BCUT2D eigenvalue weighted by molar-refractivity contribution is -0.126. The van der Waals surface area contributed by atoms with E-state index in [1.165, 1.54) is 25.0 Å². The zero-order chi connectivity index (χ0) is 32.4. The summed E-state index contributed by atoms with van der Waals surface area (Å²) >= 11 is 0. The standard InChI is InChI=1S/C37H40N4O4S/c38-46(44,45)35-17-14-30(15-18-35)20-24-41(36(42)19-16-29-8-2-1-3-9-29)28-31-10-6-11-32(26-31)33-12-7-13-34(27-33)37(43)39-21-25-40-22-4-5-23-40/h1-3,6-19,26-27H,4-5,20-25,28H2,(H,39,43)(H2,38,44,45). The summed E-state index contributed by atoms with van der Waals surface area (Å²) in [6.07, 6.45) is 6.36. The fourth-order valence-corrected chi connectivity index (χ4v) is 6.08. The summed E-state index contributed by atoms with van der Waals surface area (Å²) in [5.74, 6) is -0.223. The number of amides is 2. The molecule has 8 nitrogen and oxygen atoms in total. The molecule has 1 aliphatic rings. The Hall–Kier alpha value is -4.57. The summed E-state index contributed by atoms with van der Waals surface area (Å²) in [6, 6.07) is 31.7. The van der Waals surface area contributed by atoms with Gasteiger partial charge in [0.15, 0.2) is 0 Å². The smallest absolute Gasteiger partial charge is 0.251 e. The van der Waals surface area contributed by atoms with E-state index in [-0.39, 0.29) is 16.7 Å². The lowest BCUT2D eigenvalue weighted by Crippen LogP contribution is -2.33. The average molecular weight is 637 g/mol. The average Bonchev–Trinajstić information content (AvgIpc) is 3.59. The molecule has 1 fully saturated rings. The summed E-state index contributed by atoms with van der Waals surface area (Å²) in [4.78, 5) is 30.6. The molecule has 0 spiro atoms. The first-order valence-corrected chi connectivity index (χ1v) is 17.1. The molecule has 0 bridgehead atoms. The maximum atomic E-state index is 13.5. The molecule has 0 radical (unpaired) electrons. The topological polar surface area (TPSA) is 113 Å². The number of nitrogens with two attached hydrogens (primary N) is 1. The second kappa shape index (κ2) is 15.6. The monoisotopic (exact) mass is 636 g/mol. The van der Waals surface area contributed by atoms with E-state index in [0.717, 1.165) is 47.5 Å². The highest BCUT2D eigenvalue weighted by molar-refractivity contribution is 7.89. The Kier molecular flexibility index (Phi) is 11.1. The van der Waals surface area contributed by atoms with Gasteiger partial charge in [0.2, 0.25) is 15.9 Å². The first-order chi connectivity index (χ1) is 22.2. The molecular weight excluding hydrogens is 596 g/mol. The van der Waals surface area contributed by atoms with E-state index in [4.69, 9.17) is 5.14 Å². The van der Waals surface area contributed by atoms with Crippen molar-refractivity contribution in [2.75, 3.05) is 32.7 Å². The summed E-state index contributed by atoms with van der Waals surface area (Å²) in [5, 5.41) is 8.29. The molecule has 1 aliphatic heterocycles.